The van der Waals surface area contributed by atoms with Gasteiger partial charge in [-0.1, -0.05) is 12.1 Å². The van der Waals surface area contributed by atoms with E-state index in [4.69, 9.17) is 11.6 Å². The van der Waals surface area contributed by atoms with E-state index in [0.29, 0.717) is 11.6 Å². The molecule has 7 heteroatoms. The summed E-state index contributed by atoms with van der Waals surface area (Å²) in [5.41, 5.74) is 2.63. The summed E-state index contributed by atoms with van der Waals surface area (Å²) in [6.45, 7) is 0. The summed E-state index contributed by atoms with van der Waals surface area (Å²) < 4.78 is 1.95. The van der Waals surface area contributed by atoms with Gasteiger partial charge in [0, 0.05) is 18.6 Å². The number of H-pyrrole nitrogens is 1. The maximum Gasteiger partial charge on any atom is 0.225 e. The third-order valence-corrected chi connectivity index (χ3v) is 3.57. The van der Waals surface area contributed by atoms with Crippen LogP contribution in [-0.2, 0) is 7.05 Å². The SMILES string of the molecule is Cn1ccc2nc(Cl)nc(Nc3n[nH]c4ccccc34)c21. The smallest absolute Gasteiger partial charge is 0.225 e. The Labute approximate surface area is 124 Å². The monoisotopic (exact) mass is 298 g/mol. The van der Waals surface area contributed by atoms with E-state index in [1.54, 1.807) is 0 Å². The number of rotatable bonds is 2. The van der Waals surface area contributed by atoms with E-state index in [9.17, 15) is 0 Å². The highest BCUT2D eigenvalue weighted by Gasteiger charge is 2.13. The molecule has 1 aromatic carbocycles. The van der Waals surface area contributed by atoms with Crippen molar-refractivity contribution in [3.63, 3.8) is 0 Å². The Morgan fingerprint density at radius 2 is 2.00 bits per heavy atom. The molecule has 6 nitrogen and oxygen atoms in total. The molecule has 2 N–H and O–H groups in total. The van der Waals surface area contributed by atoms with Gasteiger partial charge in [0.25, 0.3) is 0 Å². The molecule has 3 aromatic heterocycles. The maximum atomic E-state index is 5.99. The van der Waals surface area contributed by atoms with E-state index in [1.807, 2.05) is 48.1 Å². The number of para-hydroxylation sites is 1. The molecule has 0 bridgehead atoms. The first kappa shape index (κ1) is 12.2. The summed E-state index contributed by atoms with van der Waals surface area (Å²) in [6.07, 6.45) is 1.92. The number of aromatic amines is 1. The van der Waals surface area contributed by atoms with E-state index in [-0.39, 0.29) is 5.28 Å². The summed E-state index contributed by atoms with van der Waals surface area (Å²) in [5.74, 6) is 1.35. The van der Waals surface area contributed by atoms with Crippen LogP contribution in [0.1, 0.15) is 0 Å². The molecular formula is C14H11ClN6. The molecule has 0 unspecified atom stereocenters. The van der Waals surface area contributed by atoms with Crippen LogP contribution >= 0.6 is 11.6 Å². The van der Waals surface area contributed by atoms with Crippen LogP contribution in [0.2, 0.25) is 5.28 Å². The zero-order valence-electron chi connectivity index (χ0n) is 11.1. The minimum atomic E-state index is 0.205. The van der Waals surface area contributed by atoms with Crippen LogP contribution in [0.5, 0.6) is 0 Å². The van der Waals surface area contributed by atoms with Crippen molar-refractivity contribution in [3.05, 3.63) is 41.8 Å². The van der Waals surface area contributed by atoms with Gasteiger partial charge in [0.2, 0.25) is 5.28 Å². The van der Waals surface area contributed by atoms with Gasteiger partial charge in [0.05, 0.1) is 11.0 Å². The van der Waals surface area contributed by atoms with Gasteiger partial charge < -0.3 is 9.88 Å². The minimum Gasteiger partial charge on any atom is -0.346 e. The van der Waals surface area contributed by atoms with Gasteiger partial charge in [-0.05, 0) is 29.8 Å². The highest BCUT2D eigenvalue weighted by molar-refractivity contribution is 6.28. The second-order valence-corrected chi connectivity index (χ2v) is 5.08. The summed E-state index contributed by atoms with van der Waals surface area (Å²) in [6, 6.07) is 9.79. The normalized spacial score (nSPS) is 11.3. The lowest BCUT2D eigenvalue weighted by Gasteiger charge is -2.06. The predicted octanol–water partition coefficient (Wildman–Crippen LogP) is 3.24. The van der Waals surface area contributed by atoms with E-state index >= 15 is 0 Å². The minimum absolute atomic E-state index is 0.205. The Hall–Kier alpha value is -2.60. The van der Waals surface area contributed by atoms with E-state index in [2.05, 4.69) is 25.5 Å². The first-order chi connectivity index (χ1) is 10.2. The van der Waals surface area contributed by atoms with Crippen molar-refractivity contribution in [1.29, 1.82) is 0 Å². The van der Waals surface area contributed by atoms with Crippen LogP contribution in [0, 0.1) is 0 Å². The number of hydrogen-bond donors (Lipinski definition) is 2. The number of hydrogen-bond acceptors (Lipinski definition) is 4. The summed E-state index contributed by atoms with van der Waals surface area (Å²) >= 11 is 5.99. The van der Waals surface area contributed by atoms with Gasteiger partial charge in [-0.15, -0.1) is 0 Å². The predicted molar refractivity (Wildman–Crippen MR) is 82.9 cm³/mol. The summed E-state index contributed by atoms with van der Waals surface area (Å²) in [4.78, 5) is 8.50. The van der Waals surface area contributed by atoms with Crippen LogP contribution in [-0.4, -0.2) is 24.7 Å². The lowest BCUT2D eigenvalue weighted by molar-refractivity contribution is 0.963. The number of anilines is 2. The fourth-order valence-corrected chi connectivity index (χ4v) is 2.60. The Balaban J connectivity index is 1.89. The van der Waals surface area contributed by atoms with E-state index in [0.717, 1.165) is 21.9 Å². The molecule has 4 rings (SSSR count). The van der Waals surface area contributed by atoms with Gasteiger partial charge in [0.15, 0.2) is 11.6 Å². The van der Waals surface area contributed by atoms with Crippen LogP contribution < -0.4 is 5.32 Å². The van der Waals surface area contributed by atoms with Gasteiger partial charge in [-0.25, -0.2) is 4.98 Å². The molecule has 0 aliphatic carbocycles. The van der Waals surface area contributed by atoms with Crippen molar-refractivity contribution in [2.45, 2.75) is 0 Å². The number of halogens is 1. The molecule has 0 saturated carbocycles. The topological polar surface area (TPSA) is 71.4 Å². The van der Waals surface area contributed by atoms with Crippen molar-refractivity contribution < 1.29 is 0 Å². The van der Waals surface area contributed by atoms with Crippen LogP contribution in [0.25, 0.3) is 21.9 Å². The quantitative estimate of drug-likeness (QED) is 0.557. The molecule has 4 aromatic rings. The Kier molecular flexibility index (Phi) is 2.58. The first-order valence-corrected chi connectivity index (χ1v) is 6.79. The highest BCUT2D eigenvalue weighted by Crippen LogP contribution is 2.28. The third-order valence-electron chi connectivity index (χ3n) is 3.40. The molecule has 0 radical (unpaired) electrons. The molecule has 0 aliphatic heterocycles. The molecular weight excluding hydrogens is 288 g/mol. The van der Waals surface area contributed by atoms with Crippen molar-refractivity contribution in [1.82, 2.24) is 24.7 Å². The molecule has 104 valence electrons. The lowest BCUT2D eigenvalue weighted by Crippen LogP contribution is -2.00. The summed E-state index contributed by atoms with van der Waals surface area (Å²) in [7, 11) is 1.94. The largest absolute Gasteiger partial charge is 0.346 e. The first-order valence-electron chi connectivity index (χ1n) is 6.41. The molecule has 21 heavy (non-hydrogen) atoms. The van der Waals surface area contributed by atoms with Crippen LogP contribution in [0.15, 0.2) is 36.5 Å². The fourth-order valence-electron chi connectivity index (χ4n) is 2.42. The zero-order valence-corrected chi connectivity index (χ0v) is 11.9. The van der Waals surface area contributed by atoms with Crippen molar-refractivity contribution >= 4 is 45.2 Å². The van der Waals surface area contributed by atoms with Gasteiger partial charge in [-0.3, -0.25) is 5.10 Å². The van der Waals surface area contributed by atoms with Crippen LogP contribution in [0.3, 0.4) is 0 Å². The zero-order chi connectivity index (χ0) is 14.4. The number of nitrogens with zero attached hydrogens (tertiary/aromatic N) is 4. The number of aryl methyl sites for hydroxylation is 1. The van der Waals surface area contributed by atoms with Gasteiger partial charge >= 0.3 is 0 Å². The molecule has 0 aliphatic rings. The third kappa shape index (κ3) is 1.92. The fraction of sp³-hybridized carbons (Fsp3) is 0.0714. The van der Waals surface area contributed by atoms with Crippen molar-refractivity contribution in [3.8, 4) is 0 Å². The standard InChI is InChI=1S/C14H11ClN6/c1-21-7-6-10-11(21)13(18-14(15)16-10)17-12-8-4-2-3-5-9(8)19-20-12/h2-7H,1H3,(H2,16,17,18,19,20). The Morgan fingerprint density at radius 1 is 1.14 bits per heavy atom. The second-order valence-electron chi connectivity index (χ2n) is 4.74. The van der Waals surface area contributed by atoms with E-state index in [1.165, 1.54) is 0 Å². The Morgan fingerprint density at radius 3 is 2.90 bits per heavy atom. The average Bonchev–Trinajstić information content (AvgIpc) is 3.04. The van der Waals surface area contributed by atoms with Crippen molar-refractivity contribution in [2.75, 3.05) is 5.32 Å². The van der Waals surface area contributed by atoms with Crippen molar-refractivity contribution in [2.24, 2.45) is 7.05 Å². The summed E-state index contributed by atoms with van der Waals surface area (Å²) in [5, 5.41) is 11.7. The van der Waals surface area contributed by atoms with Crippen LogP contribution in [0.4, 0.5) is 11.6 Å². The number of nitrogens with one attached hydrogen (secondary N) is 2. The molecule has 3 heterocycles. The number of fused-ring (bicyclic) bond motifs is 2. The van der Waals surface area contributed by atoms with E-state index < -0.39 is 0 Å². The van der Waals surface area contributed by atoms with Gasteiger partial charge in [0.1, 0.15) is 5.52 Å². The molecule has 0 fully saturated rings. The molecule has 0 atom stereocenters. The number of benzene rings is 1. The Bertz CT molecular complexity index is 955. The lowest BCUT2D eigenvalue weighted by atomic mass is 10.2. The molecule has 0 saturated heterocycles. The molecule has 0 amide bonds. The maximum absolute atomic E-state index is 5.99. The average molecular weight is 299 g/mol. The second kappa shape index (κ2) is 4.46. The molecule has 0 spiro atoms. The number of aromatic nitrogens is 5. The highest BCUT2D eigenvalue weighted by atomic mass is 35.5. The van der Waals surface area contributed by atoms with Gasteiger partial charge in [-0.2, -0.15) is 10.1 Å².